The minimum atomic E-state index is -0.453. The van der Waals surface area contributed by atoms with Crippen LogP contribution in [0.2, 0.25) is 0 Å². The van der Waals surface area contributed by atoms with Crippen LogP contribution >= 0.6 is 0 Å². The third-order valence-electron chi connectivity index (χ3n) is 3.83. The van der Waals surface area contributed by atoms with Gasteiger partial charge in [-0.15, -0.1) is 0 Å². The summed E-state index contributed by atoms with van der Waals surface area (Å²) in [6.45, 7) is 1.90. The number of hydrogen-bond acceptors (Lipinski definition) is 4. The number of amides is 2. The number of carbonyl (C=O) groups excluding carboxylic acids is 2. The van der Waals surface area contributed by atoms with E-state index in [4.69, 9.17) is 4.74 Å². The molecule has 2 rings (SSSR count). The van der Waals surface area contributed by atoms with Gasteiger partial charge in [0.05, 0.1) is 12.6 Å². The molecule has 1 aromatic carbocycles. The highest BCUT2D eigenvalue weighted by atomic mass is 16.5. The van der Waals surface area contributed by atoms with Gasteiger partial charge in [0.15, 0.2) is 0 Å². The molecular weight excluding hydrogens is 296 g/mol. The van der Waals surface area contributed by atoms with Gasteiger partial charge in [0.1, 0.15) is 12.7 Å². The Kier molecular flexibility index (Phi) is 6.55. The van der Waals surface area contributed by atoms with Crippen molar-refractivity contribution in [1.82, 2.24) is 5.32 Å². The van der Waals surface area contributed by atoms with Crippen LogP contribution in [0.5, 0.6) is 0 Å². The lowest BCUT2D eigenvalue weighted by molar-refractivity contribution is -0.138. The maximum Gasteiger partial charge on any atom is 0.246 e. The molecule has 126 valence electrons. The summed E-state index contributed by atoms with van der Waals surface area (Å²) in [6, 6.07) is 6.84. The molecular formula is C17H24N2O4. The van der Waals surface area contributed by atoms with E-state index in [2.05, 4.69) is 17.6 Å². The van der Waals surface area contributed by atoms with E-state index in [0.717, 1.165) is 30.5 Å². The minimum Gasteiger partial charge on any atom is -0.394 e. The van der Waals surface area contributed by atoms with Crippen molar-refractivity contribution in [3.05, 3.63) is 29.8 Å². The van der Waals surface area contributed by atoms with E-state index in [1.165, 1.54) is 0 Å². The Morgan fingerprint density at radius 2 is 2.09 bits per heavy atom. The summed E-state index contributed by atoms with van der Waals surface area (Å²) in [4.78, 5) is 23.1. The van der Waals surface area contributed by atoms with Gasteiger partial charge >= 0.3 is 0 Å². The smallest absolute Gasteiger partial charge is 0.246 e. The van der Waals surface area contributed by atoms with Crippen LogP contribution in [0.15, 0.2) is 24.3 Å². The van der Waals surface area contributed by atoms with E-state index in [1.54, 1.807) is 12.1 Å². The number of hydrogen-bond donors (Lipinski definition) is 3. The first-order valence-corrected chi connectivity index (χ1v) is 8.05. The van der Waals surface area contributed by atoms with Crippen molar-refractivity contribution in [3.8, 4) is 0 Å². The average Bonchev–Trinajstić information content (AvgIpc) is 2.56. The third-order valence-corrected chi connectivity index (χ3v) is 3.83. The van der Waals surface area contributed by atoms with Gasteiger partial charge in [-0.2, -0.15) is 0 Å². The minimum absolute atomic E-state index is 0.0145. The summed E-state index contributed by atoms with van der Waals surface area (Å²) in [7, 11) is 0. The summed E-state index contributed by atoms with van der Waals surface area (Å²) >= 11 is 0. The van der Waals surface area contributed by atoms with Crippen LogP contribution in [0.1, 0.15) is 44.3 Å². The van der Waals surface area contributed by atoms with E-state index in [0.29, 0.717) is 6.42 Å². The Hall–Kier alpha value is -1.92. The molecule has 1 aliphatic heterocycles. The van der Waals surface area contributed by atoms with E-state index in [9.17, 15) is 14.7 Å². The predicted octanol–water partition coefficient (Wildman–Crippen LogP) is 1.75. The first-order chi connectivity index (χ1) is 11.1. The lowest BCUT2D eigenvalue weighted by Crippen LogP contribution is -2.49. The predicted molar refractivity (Wildman–Crippen MR) is 86.9 cm³/mol. The molecule has 1 aliphatic rings. The number of carbonyl (C=O) groups is 2. The number of aliphatic hydroxyl groups is 1. The summed E-state index contributed by atoms with van der Waals surface area (Å²) < 4.78 is 5.51. The molecule has 0 aliphatic carbocycles. The maximum absolute atomic E-state index is 11.8. The topological polar surface area (TPSA) is 87.7 Å². The fourth-order valence-electron chi connectivity index (χ4n) is 2.59. The maximum atomic E-state index is 11.8. The van der Waals surface area contributed by atoms with Crippen molar-refractivity contribution in [1.29, 1.82) is 0 Å². The van der Waals surface area contributed by atoms with Crippen molar-refractivity contribution < 1.29 is 19.4 Å². The van der Waals surface area contributed by atoms with Crippen LogP contribution in [-0.4, -0.2) is 36.2 Å². The van der Waals surface area contributed by atoms with Crippen molar-refractivity contribution in [2.24, 2.45) is 0 Å². The molecule has 1 aromatic rings. The number of unbranched alkanes of at least 4 members (excludes halogenated alkanes) is 2. The number of nitrogens with one attached hydrogen (secondary N) is 2. The molecule has 1 heterocycles. The van der Waals surface area contributed by atoms with Crippen LogP contribution in [-0.2, 0) is 14.3 Å². The Labute approximate surface area is 136 Å². The van der Waals surface area contributed by atoms with Crippen molar-refractivity contribution in [2.45, 2.75) is 44.8 Å². The van der Waals surface area contributed by atoms with Gasteiger partial charge in [-0.1, -0.05) is 31.9 Å². The number of morpholine rings is 1. The van der Waals surface area contributed by atoms with E-state index < -0.39 is 6.04 Å². The highest BCUT2D eigenvalue weighted by Crippen LogP contribution is 2.25. The van der Waals surface area contributed by atoms with Gasteiger partial charge < -0.3 is 20.5 Å². The summed E-state index contributed by atoms with van der Waals surface area (Å²) in [5.74, 6) is -0.211. The Morgan fingerprint density at radius 3 is 2.74 bits per heavy atom. The SMILES string of the molecule is CCCCCC(=O)Nc1ccc(C2OCC(=O)NC2CO)cc1. The van der Waals surface area contributed by atoms with Crippen LogP contribution in [0, 0.1) is 0 Å². The van der Waals surface area contributed by atoms with E-state index in [1.807, 2.05) is 12.1 Å². The molecule has 6 heteroatoms. The fraction of sp³-hybridized carbons (Fsp3) is 0.529. The third kappa shape index (κ3) is 5.04. The number of ether oxygens (including phenoxy) is 1. The molecule has 6 nitrogen and oxygen atoms in total. The van der Waals surface area contributed by atoms with E-state index in [-0.39, 0.29) is 31.1 Å². The normalized spacial score (nSPS) is 20.9. The van der Waals surface area contributed by atoms with Crippen LogP contribution in [0.3, 0.4) is 0 Å². The molecule has 1 fully saturated rings. The van der Waals surface area contributed by atoms with Crippen molar-refractivity contribution in [3.63, 3.8) is 0 Å². The zero-order valence-electron chi connectivity index (χ0n) is 13.4. The summed E-state index contributed by atoms with van der Waals surface area (Å²) in [5, 5.41) is 14.9. The van der Waals surface area contributed by atoms with Crippen molar-refractivity contribution >= 4 is 17.5 Å². The van der Waals surface area contributed by atoms with Gasteiger partial charge in [-0.3, -0.25) is 9.59 Å². The molecule has 0 bridgehead atoms. The molecule has 2 unspecified atom stereocenters. The molecule has 2 atom stereocenters. The fourth-order valence-corrected chi connectivity index (χ4v) is 2.59. The number of aliphatic hydroxyl groups excluding tert-OH is 1. The van der Waals surface area contributed by atoms with E-state index >= 15 is 0 Å². The molecule has 0 saturated carbocycles. The average molecular weight is 320 g/mol. The Bertz CT molecular complexity index is 530. The Morgan fingerprint density at radius 1 is 1.35 bits per heavy atom. The van der Waals surface area contributed by atoms with Crippen LogP contribution in [0.25, 0.3) is 0 Å². The summed E-state index contributed by atoms with van der Waals surface area (Å²) in [5.41, 5.74) is 1.59. The number of anilines is 1. The van der Waals surface area contributed by atoms with Crippen molar-refractivity contribution in [2.75, 3.05) is 18.5 Å². The lowest BCUT2D eigenvalue weighted by atomic mass is 10.0. The molecule has 2 amide bonds. The van der Waals surface area contributed by atoms with Gasteiger partial charge in [0.2, 0.25) is 11.8 Å². The second-order valence-corrected chi connectivity index (χ2v) is 5.72. The first kappa shape index (κ1) is 17.4. The molecule has 23 heavy (non-hydrogen) atoms. The highest BCUT2D eigenvalue weighted by Gasteiger charge is 2.30. The highest BCUT2D eigenvalue weighted by molar-refractivity contribution is 5.90. The lowest BCUT2D eigenvalue weighted by Gasteiger charge is -2.31. The van der Waals surface area contributed by atoms with Gasteiger partial charge in [-0.05, 0) is 24.1 Å². The monoisotopic (exact) mass is 320 g/mol. The van der Waals surface area contributed by atoms with Crippen LogP contribution in [0.4, 0.5) is 5.69 Å². The number of benzene rings is 1. The number of rotatable bonds is 7. The van der Waals surface area contributed by atoms with Crippen LogP contribution < -0.4 is 10.6 Å². The molecule has 3 N–H and O–H groups in total. The zero-order valence-corrected chi connectivity index (χ0v) is 13.4. The van der Waals surface area contributed by atoms with Gasteiger partial charge in [0.25, 0.3) is 0 Å². The molecule has 0 aromatic heterocycles. The molecule has 0 spiro atoms. The van der Waals surface area contributed by atoms with Gasteiger partial charge in [-0.25, -0.2) is 0 Å². The van der Waals surface area contributed by atoms with Gasteiger partial charge in [0, 0.05) is 12.1 Å². The Balaban J connectivity index is 1.93. The summed E-state index contributed by atoms with van der Waals surface area (Å²) in [6.07, 6.45) is 3.19. The zero-order chi connectivity index (χ0) is 16.7. The molecule has 1 saturated heterocycles. The second kappa shape index (κ2) is 8.64. The quantitative estimate of drug-likeness (QED) is 0.668. The standard InChI is InChI=1S/C17H24N2O4/c1-2-3-4-5-15(21)18-13-8-6-12(7-9-13)17-14(10-20)19-16(22)11-23-17/h6-9,14,17,20H,2-5,10-11H2,1H3,(H,18,21)(H,19,22). The molecule has 0 radical (unpaired) electrons. The second-order valence-electron chi connectivity index (χ2n) is 5.72. The first-order valence-electron chi connectivity index (χ1n) is 8.05. The largest absolute Gasteiger partial charge is 0.394 e.